The number of carbonyl (C=O) groups is 2. The molecule has 2 atom stereocenters. The van der Waals surface area contributed by atoms with E-state index < -0.39 is 32.5 Å². The molecule has 2 unspecified atom stereocenters. The van der Waals surface area contributed by atoms with Crippen molar-refractivity contribution in [1.29, 1.82) is 0 Å². The summed E-state index contributed by atoms with van der Waals surface area (Å²) in [4.78, 5) is 34.6. The fourth-order valence-electron chi connectivity index (χ4n) is 4.58. The van der Waals surface area contributed by atoms with E-state index in [2.05, 4.69) is 86.8 Å². The van der Waals surface area contributed by atoms with Gasteiger partial charge >= 0.3 is 19.8 Å². The van der Waals surface area contributed by atoms with Gasteiger partial charge in [0, 0.05) is 19.4 Å². The van der Waals surface area contributed by atoms with E-state index >= 15 is 0 Å². The van der Waals surface area contributed by atoms with Gasteiger partial charge in [0.2, 0.25) is 0 Å². The van der Waals surface area contributed by atoms with Gasteiger partial charge in [-0.25, -0.2) is 4.57 Å². The van der Waals surface area contributed by atoms with Gasteiger partial charge in [0.05, 0.1) is 13.2 Å². The molecule has 0 rings (SSSR count). The summed E-state index contributed by atoms with van der Waals surface area (Å²) in [6.07, 6.45) is 42.4. The van der Waals surface area contributed by atoms with Crippen molar-refractivity contribution in [2.45, 2.75) is 142 Å². The van der Waals surface area contributed by atoms with Crippen molar-refractivity contribution >= 4 is 19.8 Å². The minimum Gasteiger partial charge on any atom is -0.462 e. The normalized spacial score (nSPS) is 14.2. The quantitative estimate of drug-likeness (QED) is 0.0288. The molecule has 0 saturated heterocycles. The van der Waals surface area contributed by atoms with E-state index in [1.165, 1.54) is 32.1 Å². The molecular formula is C40H68NO8P. The van der Waals surface area contributed by atoms with Crippen LogP contribution in [0.4, 0.5) is 0 Å². The molecule has 0 radical (unpaired) electrons. The summed E-state index contributed by atoms with van der Waals surface area (Å²) >= 11 is 0. The average molecular weight is 722 g/mol. The van der Waals surface area contributed by atoms with Crippen LogP contribution in [0.15, 0.2) is 72.9 Å². The number of carbonyl (C=O) groups excluding carboxylic acids is 2. The zero-order valence-electron chi connectivity index (χ0n) is 31.1. The topological polar surface area (TPSA) is 134 Å². The third kappa shape index (κ3) is 35.3. The number of allylic oxidation sites excluding steroid dienone is 12. The summed E-state index contributed by atoms with van der Waals surface area (Å²) in [5, 5.41) is 0. The highest BCUT2D eigenvalue weighted by Crippen LogP contribution is 2.43. The second kappa shape index (κ2) is 36.2. The van der Waals surface area contributed by atoms with Crippen LogP contribution in [0.3, 0.4) is 0 Å². The molecule has 0 aromatic rings. The fraction of sp³-hybridized carbons (Fsp3) is 0.650. The maximum absolute atomic E-state index is 12.5. The van der Waals surface area contributed by atoms with Crippen LogP contribution in [0.25, 0.3) is 0 Å². The summed E-state index contributed by atoms with van der Waals surface area (Å²) in [6, 6.07) is 0. The first-order valence-electron chi connectivity index (χ1n) is 18.9. The van der Waals surface area contributed by atoms with Gasteiger partial charge in [-0.1, -0.05) is 132 Å². The smallest absolute Gasteiger partial charge is 0.462 e. The third-order valence-electron chi connectivity index (χ3n) is 7.36. The Morgan fingerprint density at radius 2 is 1.10 bits per heavy atom. The van der Waals surface area contributed by atoms with Crippen LogP contribution in [0.5, 0.6) is 0 Å². The Kier molecular flexibility index (Phi) is 34.4. The van der Waals surface area contributed by atoms with Crippen LogP contribution < -0.4 is 5.73 Å². The molecule has 0 amide bonds. The molecule has 0 aromatic heterocycles. The number of unbranched alkanes of at least 4 members (excludes halogenated alkanes) is 9. The Morgan fingerprint density at radius 1 is 0.620 bits per heavy atom. The second-order valence-electron chi connectivity index (χ2n) is 12.1. The summed E-state index contributed by atoms with van der Waals surface area (Å²) in [5.41, 5.74) is 5.32. The van der Waals surface area contributed by atoms with Gasteiger partial charge in [-0.3, -0.25) is 18.6 Å². The SMILES string of the molecule is CC/C=C\C/C=C\C/C=C\C/C=C\C/C=C\C/C=C\CCCCC(=O)OC(COC(=O)CCCCCCCCCC)COP(=O)(O)OCCN. The molecule has 0 spiro atoms. The first-order valence-corrected chi connectivity index (χ1v) is 20.4. The number of ether oxygens (including phenoxy) is 2. The second-order valence-corrected chi connectivity index (χ2v) is 13.5. The zero-order chi connectivity index (χ0) is 36.8. The van der Waals surface area contributed by atoms with E-state index in [4.69, 9.17) is 24.3 Å². The standard InChI is InChI=1S/C40H68NO8P/c1-3-5-7-9-11-13-14-15-16-17-18-19-20-21-22-23-24-25-27-29-31-33-40(43)49-38(37-48-50(44,45)47-35-34-41)36-46-39(42)32-30-28-26-12-10-8-6-4-2/h5,7,11,13,15-16,18-19,21-22,24-25,38H,3-4,6,8-10,12,14,17,20,23,26-37,41H2,1-2H3,(H,44,45)/b7-5-,13-11-,16-15-,19-18-,22-21-,25-24-. The van der Waals surface area contributed by atoms with Gasteiger partial charge in [-0.15, -0.1) is 0 Å². The Morgan fingerprint density at radius 3 is 1.64 bits per heavy atom. The molecule has 0 bridgehead atoms. The Balaban J connectivity index is 4.29. The lowest BCUT2D eigenvalue weighted by Crippen LogP contribution is -2.29. The molecule has 3 N–H and O–H groups in total. The van der Waals surface area contributed by atoms with Gasteiger partial charge in [-0.05, 0) is 64.2 Å². The van der Waals surface area contributed by atoms with Crippen LogP contribution >= 0.6 is 7.82 Å². The van der Waals surface area contributed by atoms with E-state index in [-0.39, 0.29) is 32.6 Å². The summed E-state index contributed by atoms with van der Waals surface area (Å²) in [6.45, 7) is 3.50. The van der Waals surface area contributed by atoms with Crippen molar-refractivity contribution in [1.82, 2.24) is 0 Å². The van der Waals surface area contributed by atoms with Crippen molar-refractivity contribution in [2.75, 3.05) is 26.4 Å². The van der Waals surface area contributed by atoms with Crippen molar-refractivity contribution in [3.05, 3.63) is 72.9 Å². The van der Waals surface area contributed by atoms with Gasteiger partial charge in [0.1, 0.15) is 6.61 Å². The highest BCUT2D eigenvalue weighted by Gasteiger charge is 2.25. The molecule has 0 heterocycles. The van der Waals surface area contributed by atoms with Crippen LogP contribution in [-0.4, -0.2) is 49.3 Å². The minimum absolute atomic E-state index is 0.0429. The van der Waals surface area contributed by atoms with Crippen molar-refractivity contribution in [3.63, 3.8) is 0 Å². The van der Waals surface area contributed by atoms with Gasteiger partial charge in [0.25, 0.3) is 0 Å². The monoisotopic (exact) mass is 721 g/mol. The van der Waals surface area contributed by atoms with Gasteiger partial charge < -0.3 is 20.1 Å². The maximum atomic E-state index is 12.5. The first kappa shape index (κ1) is 47.4. The molecule has 286 valence electrons. The van der Waals surface area contributed by atoms with Gasteiger partial charge in [-0.2, -0.15) is 0 Å². The molecule has 10 heteroatoms. The summed E-state index contributed by atoms with van der Waals surface area (Å²) in [5.74, 6) is -0.893. The van der Waals surface area contributed by atoms with Crippen LogP contribution in [0.1, 0.15) is 136 Å². The third-order valence-corrected chi connectivity index (χ3v) is 8.34. The number of hydrogen-bond donors (Lipinski definition) is 2. The van der Waals surface area contributed by atoms with Crippen molar-refractivity contribution in [2.24, 2.45) is 5.73 Å². The predicted octanol–water partition coefficient (Wildman–Crippen LogP) is 10.3. The number of phosphoric acid groups is 1. The molecule has 0 aromatic carbocycles. The van der Waals surface area contributed by atoms with Crippen LogP contribution in [-0.2, 0) is 32.7 Å². The largest absolute Gasteiger partial charge is 0.472 e. The highest BCUT2D eigenvalue weighted by molar-refractivity contribution is 7.47. The van der Waals surface area contributed by atoms with Gasteiger partial charge in [0.15, 0.2) is 6.10 Å². The molecule has 0 saturated carbocycles. The number of hydrogen-bond acceptors (Lipinski definition) is 8. The lowest BCUT2D eigenvalue weighted by molar-refractivity contribution is -0.161. The summed E-state index contributed by atoms with van der Waals surface area (Å²) in [7, 11) is -4.38. The van der Waals surface area contributed by atoms with Crippen molar-refractivity contribution in [3.8, 4) is 0 Å². The average Bonchev–Trinajstić information content (AvgIpc) is 3.10. The molecule has 50 heavy (non-hydrogen) atoms. The Labute approximate surface area is 303 Å². The van der Waals surface area contributed by atoms with E-state index in [0.29, 0.717) is 6.42 Å². The van der Waals surface area contributed by atoms with E-state index in [9.17, 15) is 19.0 Å². The predicted molar refractivity (Wildman–Crippen MR) is 206 cm³/mol. The lowest BCUT2D eigenvalue weighted by atomic mass is 10.1. The highest BCUT2D eigenvalue weighted by atomic mass is 31.2. The molecule has 0 fully saturated rings. The van der Waals surface area contributed by atoms with Crippen LogP contribution in [0, 0.1) is 0 Å². The number of phosphoric ester groups is 1. The maximum Gasteiger partial charge on any atom is 0.472 e. The molecule has 0 aliphatic carbocycles. The Hall–Kier alpha value is -2.55. The van der Waals surface area contributed by atoms with E-state index in [1.54, 1.807) is 0 Å². The lowest BCUT2D eigenvalue weighted by Gasteiger charge is -2.19. The first-order chi connectivity index (χ1) is 24.3. The molecule has 0 aliphatic heterocycles. The number of rotatable bonds is 34. The fourth-order valence-corrected chi connectivity index (χ4v) is 5.34. The number of nitrogens with two attached hydrogens (primary N) is 1. The molecule has 0 aliphatic rings. The minimum atomic E-state index is -4.38. The Bertz CT molecular complexity index is 1050. The van der Waals surface area contributed by atoms with Crippen molar-refractivity contribution < 1.29 is 37.6 Å². The molecule has 9 nitrogen and oxygen atoms in total. The molecular weight excluding hydrogens is 653 g/mol. The summed E-state index contributed by atoms with van der Waals surface area (Å²) < 4.78 is 32.5. The van der Waals surface area contributed by atoms with E-state index in [1.807, 2.05) is 0 Å². The number of esters is 2. The van der Waals surface area contributed by atoms with E-state index in [0.717, 1.165) is 70.6 Å². The van der Waals surface area contributed by atoms with Crippen LogP contribution in [0.2, 0.25) is 0 Å². The zero-order valence-corrected chi connectivity index (χ0v) is 32.0.